The molecule has 24 heavy (non-hydrogen) atoms. The molecular formula is C17H35Cl2N3O2. The van der Waals surface area contributed by atoms with Gasteiger partial charge in [-0.1, -0.05) is 20.8 Å². The molecule has 2 aliphatic rings. The van der Waals surface area contributed by atoms with Gasteiger partial charge in [-0.25, -0.2) is 0 Å². The van der Waals surface area contributed by atoms with E-state index >= 15 is 0 Å². The van der Waals surface area contributed by atoms with Crippen LogP contribution in [-0.4, -0.2) is 66.7 Å². The van der Waals surface area contributed by atoms with Gasteiger partial charge in [-0.05, 0) is 32.9 Å². The standard InChI is InChI=1S/C17H33N3O2.2ClH/c1-6-20-10-8-9-13(20)12-19(5)15(21)17(18)11-14(22-7-2)16(17,3)4;;/h13-14H,6-12,18H2,1-5H3;2*1H. The lowest BCUT2D eigenvalue weighted by Crippen LogP contribution is -2.76. The number of carbonyl (C=O) groups is 1. The van der Waals surface area contributed by atoms with Gasteiger partial charge >= 0.3 is 0 Å². The van der Waals surface area contributed by atoms with E-state index in [-0.39, 0.29) is 42.2 Å². The van der Waals surface area contributed by atoms with Gasteiger partial charge in [-0.2, -0.15) is 0 Å². The minimum absolute atomic E-state index is 0. The third kappa shape index (κ3) is 4.01. The lowest BCUT2D eigenvalue weighted by Gasteiger charge is -2.58. The molecule has 1 amide bonds. The zero-order valence-electron chi connectivity index (χ0n) is 15.7. The molecule has 0 aromatic carbocycles. The van der Waals surface area contributed by atoms with Gasteiger partial charge < -0.3 is 15.4 Å². The van der Waals surface area contributed by atoms with Crippen LogP contribution >= 0.6 is 24.8 Å². The molecule has 3 atom stereocenters. The highest BCUT2D eigenvalue weighted by atomic mass is 35.5. The first kappa shape index (κ1) is 23.9. The number of likely N-dealkylation sites (tertiary alicyclic amines) is 1. The molecule has 0 bridgehead atoms. The molecule has 1 aliphatic heterocycles. The maximum atomic E-state index is 12.9. The quantitative estimate of drug-likeness (QED) is 0.764. The third-order valence-electron chi connectivity index (χ3n) is 5.95. The predicted molar refractivity (Wildman–Crippen MR) is 103 cm³/mol. The second-order valence-corrected chi connectivity index (χ2v) is 7.45. The van der Waals surface area contributed by atoms with E-state index in [1.54, 1.807) is 0 Å². The second kappa shape index (κ2) is 9.04. The Bertz CT molecular complexity index is 423. The van der Waals surface area contributed by atoms with Gasteiger partial charge in [0.25, 0.3) is 0 Å². The summed E-state index contributed by atoms with van der Waals surface area (Å²) in [4.78, 5) is 17.2. The molecule has 2 N–H and O–H groups in total. The van der Waals surface area contributed by atoms with Crippen LogP contribution in [0.4, 0.5) is 0 Å². The summed E-state index contributed by atoms with van der Waals surface area (Å²) < 4.78 is 5.73. The Hall–Kier alpha value is -0.0700. The summed E-state index contributed by atoms with van der Waals surface area (Å²) in [6.07, 6.45) is 3.11. The van der Waals surface area contributed by atoms with Crippen molar-refractivity contribution < 1.29 is 9.53 Å². The van der Waals surface area contributed by atoms with E-state index < -0.39 is 5.54 Å². The van der Waals surface area contributed by atoms with Crippen LogP contribution in [0, 0.1) is 5.41 Å². The Balaban J connectivity index is 0.00000264. The maximum Gasteiger partial charge on any atom is 0.243 e. The fourth-order valence-electron chi connectivity index (χ4n) is 4.06. The number of ether oxygens (including phenoxy) is 1. The van der Waals surface area contributed by atoms with Crippen LogP contribution in [-0.2, 0) is 9.53 Å². The van der Waals surface area contributed by atoms with Crippen LogP contribution in [0.3, 0.4) is 0 Å². The van der Waals surface area contributed by atoms with E-state index in [1.807, 2.05) is 18.9 Å². The second-order valence-electron chi connectivity index (χ2n) is 7.45. The number of hydrogen-bond acceptors (Lipinski definition) is 4. The lowest BCUT2D eigenvalue weighted by molar-refractivity contribution is -0.178. The van der Waals surface area contributed by atoms with E-state index in [4.69, 9.17) is 10.5 Å². The molecule has 1 heterocycles. The molecule has 5 nitrogen and oxygen atoms in total. The van der Waals surface area contributed by atoms with Gasteiger partial charge in [0, 0.05) is 38.1 Å². The first-order valence-corrected chi connectivity index (χ1v) is 8.68. The summed E-state index contributed by atoms with van der Waals surface area (Å²) in [6, 6.07) is 0.480. The first-order valence-electron chi connectivity index (χ1n) is 8.68. The van der Waals surface area contributed by atoms with Crippen molar-refractivity contribution in [1.29, 1.82) is 0 Å². The molecule has 7 heteroatoms. The molecule has 2 rings (SSSR count). The van der Waals surface area contributed by atoms with Crippen molar-refractivity contribution >= 4 is 30.7 Å². The number of halogens is 2. The first-order chi connectivity index (χ1) is 10.3. The van der Waals surface area contributed by atoms with Gasteiger partial charge in [-0.3, -0.25) is 9.69 Å². The van der Waals surface area contributed by atoms with E-state index in [0.717, 1.165) is 19.6 Å². The molecule has 0 aromatic heterocycles. The van der Waals surface area contributed by atoms with Gasteiger partial charge in [0.1, 0.15) is 5.54 Å². The SMILES string of the molecule is CCOC1CC(N)(C(=O)N(C)CC2CCCN2CC)C1(C)C.Cl.Cl. The highest BCUT2D eigenvalue weighted by Gasteiger charge is 2.63. The van der Waals surface area contributed by atoms with Gasteiger partial charge in [0.2, 0.25) is 5.91 Å². The molecular weight excluding hydrogens is 349 g/mol. The number of hydrogen-bond donors (Lipinski definition) is 1. The van der Waals surface area contributed by atoms with E-state index in [1.165, 1.54) is 12.8 Å². The summed E-state index contributed by atoms with van der Waals surface area (Å²) in [5.41, 5.74) is 5.40. The lowest BCUT2D eigenvalue weighted by atomic mass is 9.54. The van der Waals surface area contributed by atoms with Crippen LogP contribution < -0.4 is 5.73 Å². The van der Waals surface area contributed by atoms with E-state index in [0.29, 0.717) is 19.1 Å². The van der Waals surface area contributed by atoms with Crippen molar-refractivity contribution in [2.45, 2.75) is 64.6 Å². The summed E-state index contributed by atoms with van der Waals surface area (Å²) in [6.45, 7) is 11.9. The van der Waals surface area contributed by atoms with Crippen LogP contribution in [0.1, 0.15) is 47.0 Å². The maximum absolute atomic E-state index is 12.9. The Labute approximate surface area is 159 Å². The minimum atomic E-state index is -0.794. The Morgan fingerprint density at radius 2 is 1.96 bits per heavy atom. The van der Waals surface area contributed by atoms with Crippen molar-refractivity contribution in [2.24, 2.45) is 11.1 Å². The molecule has 1 saturated carbocycles. The van der Waals surface area contributed by atoms with Gasteiger partial charge in [0.15, 0.2) is 0 Å². The molecule has 0 aromatic rings. The monoisotopic (exact) mass is 383 g/mol. The molecule has 0 radical (unpaired) electrons. The number of nitrogens with zero attached hydrogens (tertiary/aromatic N) is 2. The number of carbonyl (C=O) groups excluding carboxylic acids is 1. The normalized spacial score (nSPS) is 31.6. The molecule has 1 aliphatic carbocycles. The van der Waals surface area contributed by atoms with Crippen LogP contribution in [0.2, 0.25) is 0 Å². The Morgan fingerprint density at radius 3 is 2.46 bits per heavy atom. The topological polar surface area (TPSA) is 58.8 Å². The van der Waals surface area contributed by atoms with Crippen molar-refractivity contribution in [1.82, 2.24) is 9.80 Å². The third-order valence-corrected chi connectivity index (χ3v) is 5.95. The summed E-state index contributed by atoms with van der Waals surface area (Å²) in [7, 11) is 1.90. The van der Waals surface area contributed by atoms with Crippen molar-refractivity contribution in [3.63, 3.8) is 0 Å². The average Bonchev–Trinajstić information content (AvgIpc) is 2.93. The van der Waals surface area contributed by atoms with Gasteiger partial charge in [0.05, 0.1) is 6.10 Å². The fraction of sp³-hybridized carbons (Fsp3) is 0.941. The summed E-state index contributed by atoms with van der Waals surface area (Å²) in [5, 5.41) is 0. The van der Waals surface area contributed by atoms with Crippen LogP contribution in [0.5, 0.6) is 0 Å². The van der Waals surface area contributed by atoms with Crippen molar-refractivity contribution in [2.75, 3.05) is 33.3 Å². The number of rotatable bonds is 6. The largest absolute Gasteiger partial charge is 0.378 e. The smallest absolute Gasteiger partial charge is 0.243 e. The number of likely N-dealkylation sites (N-methyl/N-ethyl adjacent to an activating group) is 2. The van der Waals surface area contributed by atoms with Crippen molar-refractivity contribution in [3.8, 4) is 0 Å². The number of amides is 1. The predicted octanol–water partition coefficient (Wildman–Crippen LogP) is 2.31. The Kier molecular flexibility index (Phi) is 9.01. The molecule has 0 spiro atoms. The van der Waals surface area contributed by atoms with Crippen LogP contribution in [0.15, 0.2) is 0 Å². The Morgan fingerprint density at radius 1 is 1.33 bits per heavy atom. The minimum Gasteiger partial charge on any atom is -0.378 e. The van der Waals surface area contributed by atoms with Gasteiger partial charge in [-0.15, -0.1) is 24.8 Å². The number of nitrogens with two attached hydrogens (primary N) is 1. The molecule has 2 fully saturated rings. The van der Waals surface area contributed by atoms with E-state index in [9.17, 15) is 4.79 Å². The van der Waals surface area contributed by atoms with E-state index in [2.05, 4.69) is 25.7 Å². The molecule has 3 unspecified atom stereocenters. The fourth-order valence-corrected chi connectivity index (χ4v) is 4.06. The molecule has 144 valence electrons. The highest BCUT2D eigenvalue weighted by molar-refractivity contribution is 5.88. The average molecular weight is 384 g/mol. The van der Waals surface area contributed by atoms with Crippen LogP contribution in [0.25, 0.3) is 0 Å². The summed E-state index contributed by atoms with van der Waals surface area (Å²) in [5.74, 6) is 0.0661. The zero-order chi connectivity index (χ0) is 16.5. The van der Waals surface area contributed by atoms with Crippen molar-refractivity contribution in [3.05, 3.63) is 0 Å². The molecule has 1 saturated heterocycles. The summed E-state index contributed by atoms with van der Waals surface area (Å²) >= 11 is 0. The highest BCUT2D eigenvalue weighted by Crippen LogP contribution is 2.50. The zero-order valence-corrected chi connectivity index (χ0v) is 17.3.